The van der Waals surface area contributed by atoms with Gasteiger partial charge in [0.05, 0.1) is 12.1 Å². The molecule has 0 bridgehead atoms. The van der Waals surface area contributed by atoms with Crippen LogP contribution in [0.25, 0.3) is 0 Å². The molecular weight excluding hydrogens is 401 g/mol. The van der Waals surface area contributed by atoms with E-state index in [1.165, 1.54) is 0 Å². The molecule has 1 aliphatic carbocycles. The third kappa shape index (κ3) is 7.59. The topological polar surface area (TPSA) is 81.6 Å². The molecule has 2 aromatic rings. The van der Waals surface area contributed by atoms with Crippen LogP contribution in [0.3, 0.4) is 0 Å². The molecule has 150 valence electrons. The Hall–Kier alpha value is -1.08. The van der Waals surface area contributed by atoms with E-state index in [0.29, 0.717) is 29.3 Å². The summed E-state index contributed by atoms with van der Waals surface area (Å²) in [5.41, 5.74) is 1.96. The van der Waals surface area contributed by atoms with Gasteiger partial charge in [0, 0.05) is 17.6 Å². The van der Waals surface area contributed by atoms with Crippen LogP contribution in [0.1, 0.15) is 48.8 Å². The fraction of sp³-hybridized carbons (Fsp3) is 0.409. The van der Waals surface area contributed by atoms with Gasteiger partial charge < -0.3 is 25.1 Å². The molecular formula is C22H25ClNNaO4. The van der Waals surface area contributed by atoms with E-state index in [2.05, 4.69) is 11.4 Å². The van der Waals surface area contributed by atoms with E-state index in [4.69, 9.17) is 16.3 Å². The molecule has 0 spiro atoms. The Balaban J connectivity index is 0.00000300. The predicted octanol–water partition coefficient (Wildman–Crippen LogP) is -0.178. The Morgan fingerprint density at radius 3 is 2.79 bits per heavy atom. The summed E-state index contributed by atoms with van der Waals surface area (Å²) in [6, 6.07) is 15.2. The first-order valence-electron chi connectivity index (χ1n) is 9.61. The number of hydrogen-bond acceptors (Lipinski definition) is 5. The van der Waals surface area contributed by atoms with E-state index in [1.54, 1.807) is 18.2 Å². The van der Waals surface area contributed by atoms with E-state index >= 15 is 0 Å². The number of nitrogens with one attached hydrogen (secondary N) is 1. The molecule has 0 heterocycles. The maximum absolute atomic E-state index is 10.6. The third-order valence-corrected chi connectivity index (χ3v) is 5.43. The van der Waals surface area contributed by atoms with Crippen LogP contribution in [-0.2, 0) is 4.79 Å². The number of rotatable bonds is 8. The zero-order valence-corrected chi connectivity index (χ0v) is 19.4. The van der Waals surface area contributed by atoms with E-state index in [-0.39, 0.29) is 29.6 Å². The van der Waals surface area contributed by atoms with Crippen molar-refractivity contribution < 1.29 is 49.3 Å². The fourth-order valence-corrected chi connectivity index (χ4v) is 3.99. The van der Waals surface area contributed by atoms with Gasteiger partial charge in [0.1, 0.15) is 12.4 Å². The SMILES string of the molecule is O=C([O-])COc1cccc([C@H]2CCC[C@H](NC[C@H](O)c3cccc(Cl)c3)C2)c1.[Na+]. The minimum Gasteiger partial charge on any atom is -0.546 e. The van der Waals surface area contributed by atoms with E-state index in [9.17, 15) is 15.0 Å². The number of aliphatic carboxylic acids is 1. The summed E-state index contributed by atoms with van der Waals surface area (Å²) >= 11 is 6.00. The molecule has 3 rings (SSSR count). The van der Waals surface area contributed by atoms with Crippen LogP contribution in [0.2, 0.25) is 5.02 Å². The van der Waals surface area contributed by atoms with E-state index in [1.807, 2.05) is 24.3 Å². The molecule has 0 aliphatic heterocycles. The van der Waals surface area contributed by atoms with Gasteiger partial charge in [-0.1, -0.05) is 42.3 Å². The minimum absolute atomic E-state index is 0. The smallest absolute Gasteiger partial charge is 0.546 e. The summed E-state index contributed by atoms with van der Waals surface area (Å²) in [6.45, 7) is 0.0339. The maximum atomic E-state index is 10.6. The van der Waals surface area contributed by atoms with Gasteiger partial charge in [-0.2, -0.15) is 0 Å². The average molecular weight is 426 g/mol. The molecule has 0 amide bonds. The number of aliphatic hydroxyl groups is 1. The number of benzene rings is 2. The summed E-state index contributed by atoms with van der Waals surface area (Å²) < 4.78 is 5.24. The zero-order chi connectivity index (χ0) is 19.9. The number of hydrogen-bond donors (Lipinski definition) is 2. The van der Waals surface area contributed by atoms with Crippen molar-refractivity contribution in [2.45, 2.75) is 43.7 Å². The Morgan fingerprint density at radius 1 is 1.24 bits per heavy atom. The number of ether oxygens (including phenoxy) is 1. The van der Waals surface area contributed by atoms with Crippen molar-refractivity contribution in [3.63, 3.8) is 0 Å². The van der Waals surface area contributed by atoms with Crippen molar-refractivity contribution in [2.75, 3.05) is 13.2 Å². The van der Waals surface area contributed by atoms with Crippen LogP contribution < -0.4 is 44.7 Å². The van der Waals surface area contributed by atoms with Gasteiger partial charge in [-0.25, -0.2) is 0 Å². The standard InChI is InChI=1S/C22H26ClNO4.Na/c23-18-7-1-6-17(10-18)21(25)13-24-19-8-2-4-15(11-19)16-5-3-9-20(12-16)28-14-22(26)27;/h1,3,5-7,9-10,12,15,19,21,24-25H,2,4,8,11,13-14H2,(H,26,27);/q;+1/p-1/t15-,19-,21-;/m0./s1. The Bertz CT molecular complexity index is 804. The molecule has 0 unspecified atom stereocenters. The molecule has 5 nitrogen and oxygen atoms in total. The van der Waals surface area contributed by atoms with Gasteiger partial charge in [-0.15, -0.1) is 0 Å². The summed E-state index contributed by atoms with van der Waals surface area (Å²) in [5.74, 6) is -0.306. The summed E-state index contributed by atoms with van der Waals surface area (Å²) in [4.78, 5) is 10.6. The minimum atomic E-state index is -1.23. The predicted molar refractivity (Wildman–Crippen MR) is 106 cm³/mol. The van der Waals surface area contributed by atoms with Crippen LogP contribution >= 0.6 is 11.6 Å². The average Bonchev–Trinajstić information content (AvgIpc) is 2.71. The first-order valence-corrected chi connectivity index (χ1v) is 9.98. The number of aliphatic hydroxyl groups excluding tert-OH is 1. The second-order valence-electron chi connectivity index (χ2n) is 7.27. The Labute approximate surface area is 198 Å². The number of carbonyl (C=O) groups excluding carboxylic acids is 1. The summed E-state index contributed by atoms with van der Waals surface area (Å²) in [5, 5.41) is 25.1. The quantitative estimate of drug-likeness (QED) is 0.574. The van der Waals surface area contributed by atoms with Gasteiger partial charge in [0.15, 0.2) is 0 Å². The van der Waals surface area contributed by atoms with Crippen LogP contribution in [0.15, 0.2) is 48.5 Å². The van der Waals surface area contributed by atoms with E-state index < -0.39 is 18.7 Å². The van der Waals surface area contributed by atoms with Crippen LogP contribution in [-0.4, -0.2) is 30.3 Å². The van der Waals surface area contributed by atoms with Gasteiger partial charge in [-0.3, -0.25) is 0 Å². The monoisotopic (exact) mass is 425 g/mol. The van der Waals surface area contributed by atoms with Crippen molar-refractivity contribution in [1.29, 1.82) is 0 Å². The normalized spacial score (nSPS) is 19.8. The summed E-state index contributed by atoms with van der Waals surface area (Å²) in [6.07, 6.45) is 3.62. The van der Waals surface area contributed by atoms with Crippen molar-refractivity contribution in [3.05, 3.63) is 64.7 Å². The number of halogens is 1. The Morgan fingerprint density at radius 2 is 2.03 bits per heavy atom. The van der Waals surface area contributed by atoms with Crippen molar-refractivity contribution in [2.24, 2.45) is 0 Å². The molecule has 2 aromatic carbocycles. The first-order chi connectivity index (χ1) is 13.5. The van der Waals surface area contributed by atoms with Crippen molar-refractivity contribution >= 4 is 17.6 Å². The molecule has 7 heteroatoms. The molecule has 29 heavy (non-hydrogen) atoms. The first kappa shape index (κ1) is 24.2. The largest absolute Gasteiger partial charge is 1.00 e. The number of carbonyl (C=O) groups is 1. The van der Waals surface area contributed by atoms with Gasteiger partial charge in [-0.05, 0) is 60.6 Å². The molecule has 0 aromatic heterocycles. The molecule has 0 saturated heterocycles. The van der Waals surface area contributed by atoms with Crippen LogP contribution in [0.4, 0.5) is 0 Å². The van der Waals surface area contributed by atoms with E-state index in [0.717, 1.165) is 36.8 Å². The molecule has 1 fully saturated rings. The van der Waals surface area contributed by atoms with Gasteiger partial charge in [0.25, 0.3) is 0 Å². The Kier molecular flexibility index (Phi) is 9.96. The summed E-state index contributed by atoms with van der Waals surface area (Å²) in [7, 11) is 0. The van der Waals surface area contributed by atoms with Crippen LogP contribution in [0, 0.1) is 0 Å². The fourth-order valence-electron chi connectivity index (χ4n) is 3.79. The van der Waals surface area contributed by atoms with Crippen LogP contribution in [0.5, 0.6) is 5.75 Å². The second kappa shape index (κ2) is 11.9. The number of carboxylic acid groups (broad SMARTS) is 1. The van der Waals surface area contributed by atoms with Crippen molar-refractivity contribution in [3.8, 4) is 5.75 Å². The third-order valence-electron chi connectivity index (χ3n) is 5.19. The number of carboxylic acids is 1. The molecule has 1 aliphatic rings. The molecule has 2 N–H and O–H groups in total. The maximum Gasteiger partial charge on any atom is 1.00 e. The second-order valence-corrected chi connectivity index (χ2v) is 7.71. The molecule has 3 atom stereocenters. The zero-order valence-electron chi connectivity index (χ0n) is 16.6. The van der Waals surface area contributed by atoms with Gasteiger partial charge in [0.2, 0.25) is 0 Å². The van der Waals surface area contributed by atoms with Gasteiger partial charge >= 0.3 is 29.6 Å². The molecule has 0 radical (unpaired) electrons. The van der Waals surface area contributed by atoms with Crippen molar-refractivity contribution in [1.82, 2.24) is 5.32 Å². The molecule has 1 saturated carbocycles.